The highest BCUT2D eigenvalue weighted by Gasteiger charge is 2.12. The number of hydrogen-bond acceptors (Lipinski definition) is 4. The molecule has 1 heterocycles. The minimum Gasteiger partial charge on any atom is -0.390 e. The lowest BCUT2D eigenvalue weighted by Gasteiger charge is -1.83. The van der Waals surface area contributed by atoms with Crippen molar-refractivity contribution >= 4 is 12.1 Å². The molecule has 0 spiro atoms. The molecule has 1 aromatic heterocycles. The second-order valence-electron chi connectivity index (χ2n) is 1.64. The number of hydrogen-bond donors (Lipinski definition) is 1. The summed E-state index contributed by atoms with van der Waals surface area (Å²) >= 11 is 0. The molecule has 11 heavy (non-hydrogen) atoms. The summed E-state index contributed by atoms with van der Waals surface area (Å²) in [5.41, 5.74) is -0.674. The van der Waals surface area contributed by atoms with Crippen LogP contribution >= 0.6 is 0 Å². The van der Waals surface area contributed by atoms with Crippen LogP contribution in [-0.4, -0.2) is 19.7 Å². The second kappa shape index (κ2) is 2.37. The third kappa shape index (κ3) is 1.16. The molecule has 7 heteroatoms. The van der Waals surface area contributed by atoms with Crippen molar-refractivity contribution in [3.8, 4) is 0 Å². The van der Waals surface area contributed by atoms with Gasteiger partial charge in [0.1, 0.15) is 0 Å². The van der Waals surface area contributed by atoms with Crippen molar-refractivity contribution in [1.82, 2.24) is 14.8 Å². The van der Waals surface area contributed by atoms with E-state index in [1.807, 2.05) is 4.98 Å². The van der Waals surface area contributed by atoms with Gasteiger partial charge < -0.3 is 10.1 Å². The molecule has 0 radical (unpaired) electrons. The van der Waals surface area contributed by atoms with Crippen LogP contribution in [0, 0.1) is 10.1 Å². The van der Waals surface area contributed by atoms with Crippen LogP contribution in [0.5, 0.6) is 0 Å². The van der Waals surface area contributed by atoms with Gasteiger partial charge in [0.05, 0.1) is 0 Å². The lowest BCUT2D eigenvalue weighted by Crippen LogP contribution is -2.11. The quantitative estimate of drug-likeness (QED) is 0.464. The van der Waals surface area contributed by atoms with E-state index in [9.17, 15) is 14.9 Å². The number of nitrogens with one attached hydrogen (secondary N) is 1. The molecule has 0 atom stereocenters. The van der Waals surface area contributed by atoms with E-state index in [1.54, 1.807) is 0 Å². The van der Waals surface area contributed by atoms with Gasteiger partial charge in [-0.3, -0.25) is 0 Å². The van der Waals surface area contributed by atoms with Crippen LogP contribution in [0.25, 0.3) is 6.20 Å². The Morgan fingerprint density at radius 3 is 2.73 bits per heavy atom. The third-order valence-electron chi connectivity index (χ3n) is 0.975. The summed E-state index contributed by atoms with van der Waals surface area (Å²) < 4.78 is 0.748. The monoisotopic (exact) mass is 156 g/mol. The van der Waals surface area contributed by atoms with Crippen molar-refractivity contribution in [2.45, 2.75) is 0 Å². The van der Waals surface area contributed by atoms with Crippen molar-refractivity contribution in [2.24, 2.45) is 0 Å². The topological polar surface area (TPSA) is 93.8 Å². The first kappa shape index (κ1) is 7.19. The highest BCUT2D eigenvalue weighted by atomic mass is 16.6. The second-order valence-corrected chi connectivity index (χ2v) is 1.64. The van der Waals surface area contributed by atoms with Gasteiger partial charge in [0.2, 0.25) is 0 Å². The van der Waals surface area contributed by atoms with Crippen molar-refractivity contribution in [1.29, 1.82) is 0 Å². The Morgan fingerprint density at radius 1 is 1.82 bits per heavy atom. The highest BCUT2D eigenvalue weighted by Crippen LogP contribution is 1.94. The normalized spacial score (nSPS) is 9.45. The molecule has 0 aromatic carbocycles. The number of nitrogens with zero attached hydrogens (tertiary/aromatic N) is 3. The summed E-state index contributed by atoms with van der Waals surface area (Å²) in [5, 5.41) is 13.3. The van der Waals surface area contributed by atoms with Gasteiger partial charge in [0.25, 0.3) is 0 Å². The molecule has 0 amide bonds. The average molecular weight is 156 g/mol. The fourth-order valence-electron chi connectivity index (χ4n) is 0.531. The van der Waals surface area contributed by atoms with Crippen LogP contribution in [0.15, 0.2) is 11.4 Å². The smallest absolute Gasteiger partial charge is 0.390 e. The van der Waals surface area contributed by atoms with Gasteiger partial charge in [0, 0.05) is 11.3 Å². The molecule has 0 aliphatic rings. The molecule has 0 saturated heterocycles. The van der Waals surface area contributed by atoms with Crippen LogP contribution in [0.2, 0.25) is 0 Å². The maximum absolute atomic E-state index is 10.6. The van der Waals surface area contributed by atoms with E-state index in [1.165, 1.54) is 0 Å². The summed E-state index contributed by atoms with van der Waals surface area (Å²) in [6.45, 7) is 3.22. The van der Waals surface area contributed by atoms with Gasteiger partial charge >= 0.3 is 11.6 Å². The van der Waals surface area contributed by atoms with E-state index in [2.05, 4.69) is 11.7 Å². The highest BCUT2D eigenvalue weighted by molar-refractivity contribution is 5.14. The SMILES string of the molecule is C=Cn1nc([N+](=O)[O-])[nH]c1=O. The van der Waals surface area contributed by atoms with E-state index in [0.717, 1.165) is 10.9 Å². The molecular formula is C4H4N4O3. The summed E-state index contributed by atoms with van der Waals surface area (Å²) in [7, 11) is 0. The summed E-state index contributed by atoms with van der Waals surface area (Å²) in [6.07, 6.45) is 1.08. The summed E-state index contributed by atoms with van der Waals surface area (Å²) in [4.78, 5) is 21.8. The minimum absolute atomic E-state index is 0.588. The molecule has 1 aromatic rings. The zero-order chi connectivity index (χ0) is 8.43. The fourth-order valence-corrected chi connectivity index (χ4v) is 0.531. The van der Waals surface area contributed by atoms with Gasteiger partial charge in [-0.15, -0.1) is 4.68 Å². The molecule has 58 valence electrons. The summed E-state index contributed by atoms with van der Waals surface area (Å²) in [5.74, 6) is -0.588. The first-order chi connectivity index (χ1) is 5.15. The number of aromatic nitrogens is 3. The lowest BCUT2D eigenvalue weighted by atomic mass is 11.0. The van der Waals surface area contributed by atoms with Gasteiger partial charge in [-0.25, -0.2) is 4.79 Å². The zero-order valence-electron chi connectivity index (χ0n) is 5.35. The maximum Gasteiger partial charge on any atom is 0.457 e. The largest absolute Gasteiger partial charge is 0.457 e. The predicted molar refractivity (Wildman–Crippen MR) is 35.9 cm³/mol. The first-order valence-electron chi connectivity index (χ1n) is 2.61. The number of aromatic amines is 1. The Hall–Kier alpha value is -1.92. The van der Waals surface area contributed by atoms with E-state index in [-0.39, 0.29) is 0 Å². The molecule has 7 nitrogen and oxygen atoms in total. The van der Waals surface area contributed by atoms with Crippen molar-refractivity contribution in [2.75, 3.05) is 0 Å². The van der Waals surface area contributed by atoms with Crippen molar-refractivity contribution in [3.63, 3.8) is 0 Å². The average Bonchev–Trinajstić information content (AvgIpc) is 2.31. The Balaban J connectivity index is 3.26. The van der Waals surface area contributed by atoms with Crippen molar-refractivity contribution in [3.05, 3.63) is 27.2 Å². The van der Waals surface area contributed by atoms with Gasteiger partial charge in [-0.05, 0) is 4.92 Å². The predicted octanol–water partition coefficient (Wildman–Crippen LogP) is -0.420. The van der Waals surface area contributed by atoms with Crippen LogP contribution < -0.4 is 5.69 Å². The first-order valence-corrected chi connectivity index (χ1v) is 2.61. The van der Waals surface area contributed by atoms with Crippen LogP contribution in [-0.2, 0) is 0 Å². The molecule has 0 unspecified atom stereocenters. The van der Waals surface area contributed by atoms with Gasteiger partial charge in [-0.2, -0.15) is 4.98 Å². The molecular weight excluding hydrogens is 152 g/mol. The molecule has 0 bridgehead atoms. The maximum atomic E-state index is 10.6. The molecule has 0 fully saturated rings. The molecule has 1 N–H and O–H groups in total. The Labute approximate surface area is 60.1 Å². The van der Waals surface area contributed by atoms with Gasteiger partial charge in [-0.1, -0.05) is 6.58 Å². The van der Waals surface area contributed by atoms with Crippen LogP contribution in [0.3, 0.4) is 0 Å². The Morgan fingerprint density at radius 2 is 2.45 bits per heavy atom. The molecule has 1 rings (SSSR count). The number of nitro groups is 1. The fraction of sp³-hybridized carbons (Fsp3) is 0. The summed E-state index contributed by atoms with van der Waals surface area (Å²) in [6, 6.07) is 0. The van der Waals surface area contributed by atoms with E-state index in [0.29, 0.717) is 0 Å². The minimum atomic E-state index is -0.790. The Kier molecular flexibility index (Phi) is 1.55. The Bertz CT molecular complexity index is 348. The number of rotatable bonds is 2. The van der Waals surface area contributed by atoms with E-state index in [4.69, 9.17) is 0 Å². The molecule has 0 aliphatic heterocycles. The van der Waals surface area contributed by atoms with E-state index >= 15 is 0 Å². The van der Waals surface area contributed by atoms with Crippen LogP contribution in [0.4, 0.5) is 5.95 Å². The third-order valence-corrected chi connectivity index (χ3v) is 0.975. The van der Waals surface area contributed by atoms with Crippen molar-refractivity contribution < 1.29 is 4.92 Å². The lowest BCUT2D eigenvalue weighted by molar-refractivity contribution is -0.394. The van der Waals surface area contributed by atoms with Gasteiger partial charge in [0.15, 0.2) is 0 Å². The van der Waals surface area contributed by atoms with E-state index < -0.39 is 16.6 Å². The molecule has 0 aliphatic carbocycles. The zero-order valence-corrected chi connectivity index (χ0v) is 5.35. The molecule has 0 saturated carbocycles. The standard InChI is InChI=1S/C4H4N4O3/c1-2-7-4(9)5-3(6-7)8(10)11/h2H,1H2,(H,5,6,9). The number of H-pyrrole nitrogens is 1. The van der Waals surface area contributed by atoms with Crippen LogP contribution in [0.1, 0.15) is 0 Å².